The van der Waals surface area contributed by atoms with E-state index in [1.807, 2.05) is 7.11 Å². The summed E-state index contributed by atoms with van der Waals surface area (Å²) in [5.41, 5.74) is 0.0938. The van der Waals surface area contributed by atoms with Gasteiger partial charge in [-0.3, -0.25) is 0 Å². The molecule has 12 heavy (non-hydrogen) atoms. The summed E-state index contributed by atoms with van der Waals surface area (Å²) >= 11 is 0. The third kappa shape index (κ3) is 1.64. The minimum Gasteiger partial charge on any atom is -0.377 e. The summed E-state index contributed by atoms with van der Waals surface area (Å²) in [7, 11) is 1.84. The molecular formula is C10H21NO. The summed E-state index contributed by atoms with van der Waals surface area (Å²) in [6.07, 6.45) is 4.79. The second-order valence-corrected chi connectivity index (χ2v) is 3.62. The fourth-order valence-electron chi connectivity index (χ4n) is 2.31. The minimum atomic E-state index is 0.0938. The fraction of sp³-hybridized carbons (Fsp3) is 1.00. The molecular weight excluding hydrogens is 150 g/mol. The van der Waals surface area contributed by atoms with Crippen LogP contribution in [0.3, 0.4) is 0 Å². The quantitative estimate of drug-likeness (QED) is 0.698. The van der Waals surface area contributed by atoms with Gasteiger partial charge in [0, 0.05) is 13.2 Å². The predicted molar refractivity (Wildman–Crippen MR) is 51.3 cm³/mol. The van der Waals surface area contributed by atoms with E-state index in [4.69, 9.17) is 4.74 Å². The van der Waals surface area contributed by atoms with Crippen LogP contribution in [-0.2, 0) is 4.74 Å². The van der Waals surface area contributed by atoms with E-state index in [-0.39, 0.29) is 5.60 Å². The molecule has 1 fully saturated rings. The monoisotopic (exact) mass is 171 g/mol. The van der Waals surface area contributed by atoms with Gasteiger partial charge in [-0.15, -0.1) is 0 Å². The van der Waals surface area contributed by atoms with Gasteiger partial charge in [0.25, 0.3) is 0 Å². The zero-order valence-corrected chi connectivity index (χ0v) is 8.52. The number of rotatable bonds is 4. The summed E-state index contributed by atoms with van der Waals surface area (Å²) in [5.74, 6) is 0. The van der Waals surface area contributed by atoms with E-state index in [0.717, 1.165) is 19.4 Å². The Kier molecular flexibility index (Phi) is 3.53. The van der Waals surface area contributed by atoms with Gasteiger partial charge in [-0.25, -0.2) is 0 Å². The van der Waals surface area contributed by atoms with Crippen LogP contribution in [0.15, 0.2) is 0 Å². The second kappa shape index (κ2) is 4.24. The fourth-order valence-corrected chi connectivity index (χ4v) is 2.31. The molecule has 0 radical (unpaired) electrons. The van der Waals surface area contributed by atoms with Crippen LogP contribution in [-0.4, -0.2) is 25.3 Å². The van der Waals surface area contributed by atoms with Crippen LogP contribution in [0, 0.1) is 0 Å². The van der Waals surface area contributed by atoms with Crippen molar-refractivity contribution in [3.8, 4) is 0 Å². The van der Waals surface area contributed by atoms with E-state index in [1.165, 1.54) is 12.8 Å². The van der Waals surface area contributed by atoms with Crippen molar-refractivity contribution in [2.24, 2.45) is 0 Å². The van der Waals surface area contributed by atoms with Crippen molar-refractivity contribution in [1.82, 2.24) is 5.32 Å². The number of methoxy groups -OCH3 is 1. The summed E-state index contributed by atoms with van der Waals surface area (Å²) < 4.78 is 5.66. The molecule has 1 unspecified atom stereocenters. The third-order valence-corrected chi connectivity index (χ3v) is 3.30. The lowest BCUT2D eigenvalue weighted by atomic mass is 9.87. The van der Waals surface area contributed by atoms with E-state index in [0.29, 0.717) is 6.04 Å². The van der Waals surface area contributed by atoms with Crippen molar-refractivity contribution in [3.05, 3.63) is 0 Å². The number of hydrogen-bond donors (Lipinski definition) is 1. The minimum absolute atomic E-state index is 0.0938. The maximum Gasteiger partial charge on any atom is 0.0825 e. The van der Waals surface area contributed by atoms with Gasteiger partial charge in [0.1, 0.15) is 0 Å². The third-order valence-electron chi connectivity index (χ3n) is 3.30. The van der Waals surface area contributed by atoms with Crippen molar-refractivity contribution >= 4 is 0 Å². The number of hydrogen-bond acceptors (Lipinski definition) is 2. The van der Waals surface area contributed by atoms with E-state index in [1.54, 1.807) is 0 Å². The highest BCUT2D eigenvalue weighted by Gasteiger charge is 2.36. The topological polar surface area (TPSA) is 21.3 Å². The SMILES string of the molecule is CCC(CC)(OC)C1CCCN1. The molecule has 2 nitrogen and oxygen atoms in total. The molecule has 1 aliphatic heterocycles. The Bertz CT molecular complexity index is 118. The number of nitrogens with one attached hydrogen (secondary N) is 1. The average Bonchev–Trinajstić information content (AvgIpc) is 2.62. The highest BCUT2D eigenvalue weighted by atomic mass is 16.5. The molecule has 1 atom stereocenters. The zero-order chi connectivity index (χ0) is 9.03. The maximum absolute atomic E-state index is 5.66. The van der Waals surface area contributed by atoms with Crippen molar-refractivity contribution in [1.29, 1.82) is 0 Å². The van der Waals surface area contributed by atoms with E-state index in [9.17, 15) is 0 Å². The summed E-state index contributed by atoms with van der Waals surface area (Å²) in [6.45, 7) is 5.59. The van der Waals surface area contributed by atoms with Crippen LogP contribution in [0.2, 0.25) is 0 Å². The average molecular weight is 171 g/mol. The molecule has 1 heterocycles. The van der Waals surface area contributed by atoms with Crippen LogP contribution in [0.25, 0.3) is 0 Å². The summed E-state index contributed by atoms with van der Waals surface area (Å²) in [4.78, 5) is 0. The van der Waals surface area contributed by atoms with Crippen molar-refractivity contribution in [2.75, 3.05) is 13.7 Å². The van der Waals surface area contributed by atoms with Crippen LogP contribution in [0.1, 0.15) is 39.5 Å². The molecule has 0 aliphatic carbocycles. The highest BCUT2D eigenvalue weighted by molar-refractivity contribution is 4.94. The van der Waals surface area contributed by atoms with Crippen LogP contribution >= 0.6 is 0 Å². The molecule has 0 bridgehead atoms. The van der Waals surface area contributed by atoms with Crippen LogP contribution in [0.5, 0.6) is 0 Å². The highest BCUT2D eigenvalue weighted by Crippen LogP contribution is 2.28. The first-order valence-corrected chi connectivity index (χ1v) is 5.07. The zero-order valence-electron chi connectivity index (χ0n) is 8.52. The molecule has 0 aromatic rings. The lowest BCUT2D eigenvalue weighted by Crippen LogP contribution is -2.48. The first kappa shape index (κ1) is 10.0. The largest absolute Gasteiger partial charge is 0.377 e. The first-order valence-electron chi connectivity index (χ1n) is 5.07. The molecule has 1 N–H and O–H groups in total. The molecule has 0 saturated carbocycles. The summed E-state index contributed by atoms with van der Waals surface area (Å²) in [5, 5.41) is 3.53. The van der Waals surface area contributed by atoms with Crippen molar-refractivity contribution < 1.29 is 4.74 Å². The Balaban J connectivity index is 2.61. The lowest BCUT2D eigenvalue weighted by Gasteiger charge is -2.36. The Labute approximate surface area is 75.7 Å². The molecule has 1 aliphatic rings. The molecule has 0 spiro atoms. The van der Waals surface area contributed by atoms with E-state index >= 15 is 0 Å². The molecule has 1 rings (SSSR count). The predicted octanol–water partition coefficient (Wildman–Crippen LogP) is 1.94. The molecule has 2 heteroatoms. The Morgan fingerprint density at radius 2 is 2.08 bits per heavy atom. The molecule has 72 valence electrons. The van der Waals surface area contributed by atoms with Gasteiger partial charge >= 0.3 is 0 Å². The van der Waals surface area contributed by atoms with Crippen LogP contribution < -0.4 is 5.32 Å². The molecule has 0 amide bonds. The second-order valence-electron chi connectivity index (χ2n) is 3.62. The van der Waals surface area contributed by atoms with Crippen molar-refractivity contribution in [2.45, 2.75) is 51.2 Å². The van der Waals surface area contributed by atoms with Gasteiger partial charge in [-0.2, -0.15) is 0 Å². The molecule has 0 aromatic carbocycles. The van der Waals surface area contributed by atoms with Gasteiger partial charge in [-0.1, -0.05) is 13.8 Å². The van der Waals surface area contributed by atoms with Crippen molar-refractivity contribution in [3.63, 3.8) is 0 Å². The Morgan fingerprint density at radius 1 is 1.42 bits per heavy atom. The number of ether oxygens (including phenoxy) is 1. The summed E-state index contributed by atoms with van der Waals surface area (Å²) in [6, 6.07) is 0.581. The van der Waals surface area contributed by atoms with Gasteiger partial charge in [0.05, 0.1) is 5.60 Å². The van der Waals surface area contributed by atoms with Gasteiger partial charge < -0.3 is 10.1 Å². The molecule has 1 saturated heterocycles. The Hall–Kier alpha value is -0.0800. The standard InChI is InChI=1S/C10H21NO/c1-4-10(5-2,12-3)9-7-6-8-11-9/h9,11H,4-8H2,1-3H3. The van der Waals surface area contributed by atoms with Gasteiger partial charge in [0.2, 0.25) is 0 Å². The van der Waals surface area contributed by atoms with E-state index < -0.39 is 0 Å². The van der Waals surface area contributed by atoms with Gasteiger partial charge in [-0.05, 0) is 32.2 Å². The first-order chi connectivity index (χ1) is 5.79. The maximum atomic E-state index is 5.66. The normalized spacial score (nSPS) is 24.8. The smallest absolute Gasteiger partial charge is 0.0825 e. The van der Waals surface area contributed by atoms with E-state index in [2.05, 4.69) is 19.2 Å². The Morgan fingerprint density at radius 3 is 2.42 bits per heavy atom. The lowest BCUT2D eigenvalue weighted by molar-refractivity contribution is -0.0425. The molecule has 0 aromatic heterocycles. The van der Waals surface area contributed by atoms with Gasteiger partial charge in [0.15, 0.2) is 0 Å². The van der Waals surface area contributed by atoms with Crippen LogP contribution in [0.4, 0.5) is 0 Å².